The largest absolute Gasteiger partial charge is 0.438 e. The third kappa shape index (κ3) is 2.23. The Morgan fingerprint density at radius 1 is 0.821 bits per heavy atom. The van der Waals surface area contributed by atoms with Crippen molar-refractivity contribution in [1.82, 2.24) is 0 Å². The van der Waals surface area contributed by atoms with Gasteiger partial charge in [-0.05, 0) is 24.5 Å². The molecule has 3 heteroatoms. The SMILES string of the molecule is Cc1ccc(C2=CCc3ccccc3C23OC(=O)C(=O)c2ccccc23)cc1. The summed E-state index contributed by atoms with van der Waals surface area (Å²) in [6.45, 7) is 2.04. The molecule has 0 radical (unpaired) electrons. The quantitative estimate of drug-likeness (QED) is 0.466. The van der Waals surface area contributed by atoms with E-state index in [0.29, 0.717) is 5.56 Å². The van der Waals surface area contributed by atoms with Crippen LogP contribution < -0.4 is 0 Å². The zero-order valence-corrected chi connectivity index (χ0v) is 15.4. The second-order valence-electron chi connectivity index (χ2n) is 7.29. The molecule has 5 rings (SSSR count). The van der Waals surface area contributed by atoms with Crippen LogP contribution in [-0.4, -0.2) is 11.8 Å². The summed E-state index contributed by atoms with van der Waals surface area (Å²) in [7, 11) is 0. The Morgan fingerprint density at radius 3 is 2.29 bits per heavy atom. The number of hydrogen-bond acceptors (Lipinski definition) is 3. The number of ketones is 1. The first-order chi connectivity index (χ1) is 13.6. The molecule has 1 atom stereocenters. The van der Waals surface area contributed by atoms with Crippen LogP contribution in [0.2, 0.25) is 0 Å². The zero-order chi connectivity index (χ0) is 19.3. The van der Waals surface area contributed by atoms with Gasteiger partial charge in [-0.1, -0.05) is 84.4 Å². The van der Waals surface area contributed by atoms with Gasteiger partial charge in [0.15, 0.2) is 5.60 Å². The molecule has 1 unspecified atom stereocenters. The van der Waals surface area contributed by atoms with Crippen LogP contribution >= 0.6 is 0 Å². The lowest BCUT2D eigenvalue weighted by atomic mass is 9.69. The van der Waals surface area contributed by atoms with E-state index in [-0.39, 0.29) is 0 Å². The summed E-state index contributed by atoms with van der Waals surface area (Å²) >= 11 is 0. The minimum atomic E-state index is -1.12. The average Bonchev–Trinajstić information content (AvgIpc) is 2.73. The summed E-state index contributed by atoms with van der Waals surface area (Å²) in [5.74, 6) is -1.40. The molecule has 0 saturated heterocycles. The molecule has 3 nitrogen and oxygen atoms in total. The molecule has 0 bridgehead atoms. The summed E-state index contributed by atoms with van der Waals surface area (Å²) in [5.41, 5.74) is 5.07. The molecule has 0 fully saturated rings. The first-order valence-corrected chi connectivity index (χ1v) is 9.34. The molecule has 3 aromatic carbocycles. The summed E-state index contributed by atoms with van der Waals surface area (Å²) in [6.07, 6.45) is 2.86. The van der Waals surface area contributed by atoms with Gasteiger partial charge in [-0.15, -0.1) is 0 Å². The minimum absolute atomic E-state index is 0.411. The lowest BCUT2D eigenvalue weighted by Gasteiger charge is -2.43. The smallest absolute Gasteiger partial charge is 0.381 e. The van der Waals surface area contributed by atoms with Gasteiger partial charge >= 0.3 is 5.97 Å². The number of carbonyl (C=O) groups is 2. The first-order valence-electron chi connectivity index (χ1n) is 9.34. The number of rotatable bonds is 1. The minimum Gasteiger partial charge on any atom is -0.438 e. The van der Waals surface area contributed by atoms with Crippen molar-refractivity contribution in [3.63, 3.8) is 0 Å². The van der Waals surface area contributed by atoms with Gasteiger partial charge < -0.3 is 4.74 Å². The molecule has 0 amide bonds. The number of hydrogen-bond donors (Lipinski definition) is 0. The van der Waals surface area contributed by atoms with Crippen LogP contribution in [0.25, 0.3) is 5.57 Å². The van der Waals surface area contributed by atoms with Crippen LogP contribution in [0.15, 0.2) is 78.9 Å². The number of carbonyl (C=O) groups excluding carboxylic acids is 2. The van der Waals surface area contributed by atoms with Crippen LogP contribution in [0.5, 0.6) is 0 Å². The molecule has 28 heavy (non-hydrogen) atoms. The molecule has 1 aliphatic heterocycles. The summed E-state index contributed by atoms with van der Waals surface area (Å²) in [6, 6.07) is 23.4. The standard InChI is InChI=1S/C25H18O3/c1-16-10-12-18(13-11-16)21-15-14-17-6-2-4-8-20(17)25(21)22-9-5-3-7-19(22)23(26)24(27)28-25/h2-13,15H,14H2,1H3. The fourth-order valence-corrected chi connectivity index (χ4v) is 4.34. The van der Waals surface area contributed by atoms with Crippen molar-refractivity contribution in [3.05, 3.63) is 112 Å². The van der Waals surface area contributed by atoms with Gasteiger partial charge in [0, 0.05) is 22.3 Å². The third-order valence-electron chi connectivity index (χ3n) is 5.65. The molecule has 0 saturated carbocycles. The highest BCUT2D eigenvalue weighted by Gasteiger charge is 2.51. The van der Waals surface area contributed by atoms with Crippen molar-refractivity contribution in [1.29, 1.82) is 0 Å². The van der Waals surface area contributed by atoms with Crippen molar-refractivity contribution >= 4 is 17.3 Å². The Hall–Kier alpha value is -3.46. The lowest BCUT2D eigenvalue weighted by molar-refractivity contribution is -0.147. The fourth-order valence-electron chi connectivity index (χ4n) is 4.34. The number of benzene rings is 3. The number of allylic oxidation sites excluding steroid dienone is 1. The van der Waals surface area contributed by atoms with Crippen molar-refractivity contribution in [3.8, 4) is 0 Å². The topological polar surface area (TPSA) is 43.4 Å². The highest BCUT2D eigenvalue weighted by molar-refractivity contribution is 6.42. The van der Waals surface area contributed by atoms with Crippen LogP contribution in [0.3, 0.4) is 0 Å². The molecule has 1 spiro atoms. The van der Waals surface area contributed by atoms with Gasteiger partial charge in [-0.2, -0.15) is 0 Å². The van der Waals surface area contributed by atoms with Gasteiger partial charge in [0.05, 0.1) is 0 Å². The van der Waals surface area contributed by atoms with E-state index >= 15 is 0 Å². The maximum absolute atomic E-state index is 12.7. The average molecular weight is 366 g/mol. The van der Waals surface area contributed by atoms with Crippen molar-refractivity contribution in [2.24, 2.45) is 0 Å². The number of aryl methyl sites for hydroxylation is 1. The molecule has 0 aromatic heterocycles. The van der Waals surface area contributed by atoms with Crippen molar-refractivity contribution in [2.45, 2.75) is 18.9 Å². The van der Waals surface area contributed by atoms with Crippen LogP contribution in [0.1, 0.15) is 38.2 Å². The van der Waals surface area contributed by atoms with Crippen LogP contribution in [0, 0.1) is 6.92 Å². The van der Waals surface area contributed by atoms with E-state index in [1.165, 1.54) is 0 Å². The monoisotopic (exact) mass is 366 g/mol. The molecular formula is C25H18O3. The summed E-state index contributed by atoms with van der Waals surface area (Å²) in [4.78, 5) is 25.2. The predicted molar refractivity (Wildman–Crippen MR) is 107 cm³/mol. The van der Waals surface area contributed by atoms with Gasteiger partial charge in [0.2, 0.25) is 0 Å². The normalized spacial score (nSPS) is 20.2. The van der Waals surface area contributed by atoms with Crippen molar-refractivity contribution in [2.75, 3.05) is 0 Å². The van der Waals surface area contributed by atoms with Gasteiger partial charge in [-0.25, -0.2) is 4.79 Å². The molecule has 3 aromatic rings. The number of ether oxygens (including phenoxy) is 1. The molecule has 2 aliphatic rings. The van der Waals surface area contributed by atoms with E-state index in [9.17, 15) is 9.59 Å². The maximum Gasteiger partial charge on any atom is 0.381 e. The van der Waals surface area contributed by atoms with E-state index in [2.05, 4.69) is 6.08 Å². The Morgan fingerprint density at radius 2 is 1.50 bits per heavy atom. The Labute approximate surface area is 163 Å². The highest BCUT2D eigenvalue weighted by atomic mass is 16.6. The number of esters is 1. The van der Waals surface area contributed by atoms with Crippen LogP contribution in [0.4, 0.5) is 0 Å². The molecular weight excluding hydrogens is 348 g/mol. The Bertz CT molecular complexity index is 1150. The maximum atomic E-state index is 12.7. The Kier molecular flexibility index (Phi) is 3.59. The van der Waals surface area contributed by atoms with E-state index in [4.69, 9.17) is 4.74 Å². The Balaban J connectivity index is 1.87. The number of fused-ring (bicyclic) bond motifs is 4. The first kappa shape index (κ1) is 16.7. The fraction of sp³-hybridized carbons (Fsp3) is 0.120. The lowest BCUT2D eigenvalue weighted by Crippen LogP contribution is -2.45. The third-order valence-corrected chi connectivity index (χ3v) is 5.65. The summed E-state index contributed by atoms with van der Waals surface area (Å²) in [5, 5.41) is 0. The van der Waals surface area contributed by atoms with Gasteiger partial charge in [-0.3, -0.25) is 4.79 Å². The highest BCUT2D eigenvalue weighted by Crippen LogP contribution is 2.51. The molecule has 136 valence electrons. The van der Waals surface area contributed by atoms with E-state index < -0.39 is 17.4 Å². The van der Waals surface area contributed by atoms with Crippen LogP contribution in [-0.2, 0) is 21.6 Å². The second kappa shape index (κ2) is 6.03. The summed E-state index contributed by atoms with van der Waals surface area (Å²) < 4.78 is 6.02. The number of Topliss-reactive ketones (excluding diaryl/α,β-unsaturated/α-hetero) is 1. The van der Waals surface area contributed by atoms with E-state index in [1.807, 2.05) is 67.6 Å². The molecule has 0 N–H and O–H groups in total. The molecule has 1 heterocycles. The zero-order valence-electron chi connectivity index (χ0n) is 15.4. The van der Waals surface area contributed by atoms with Gasteiger partial charge in [0.25, 0.3) is 5.78 Å². The van der Waals surface area contributed by atoms with Gasteiger partial charge in [0.1, 0.15) is 0 Å². The van der Waals surface area contributed by atoms with Crippen molar-refractivity contribution < 1.29 is 14.3 Å². The predicted octanol–water partition coefficient (Wildman–Crippen LogP) is 4.62. The van der Waals surface area contributed by atoms with E-state index in [0.717, 1.165) is 39.8 Å². The van der Waals surface area contributed by atoms with E-state index in [1.54, 1.807) is 12.1 Å². The molecule has 1 aliphatic carbocycles. The second-order valence-corrected chi connectivity index (χ2v) is 7.29.